The van der Waals surface area contributed by atoms with Crippen LogP contribution in [0.3, 0.4) is 0 Å². The van der Waals surface area contributed by atoms with Gasteiger partial charge >= 0.3 is 0 Å². The monoisotopic (exact) mass is 360 g/mol. The lowest BCUT2D eigenvalue weighted by Gasteiger charge is -2.23. The van der Waals surface area contributed by atoms with Crippen LogP contribution in [0, 0.1) is 0 Å². The van der Waals surface area contributed by atoms with Crippen molar-refractivity contribution in [2.45, 2.75) is 64.6 Å². The number of aliphatic imine (C=N–C) groups is 1. The van der Waals surface area contributed by atoms with Crippen LogP contribution in [0.15, 0.2) is 29.3 Å². The van der Waals surface area contributed by atoms with E-state index in [1.54, 1.807) is 7.05 Å². The van der Waals surface area contributed by atoms with Crippen molar-refractivity contribution in [3.63, 3.8) is 0 Å². The van der Waals surface area contributed by atoms with Gasteiger partial charge in [-0.15, -0.1) is 0 Å². The lowest BCUT2D eigenvalue weighted by Crippen LogP contribution is -2.38. The lowest BCUT2D eigenvalue weighted by atomic mass is 10.1. The first-order valence-corrected chi connectivity index (χ1v) is 9.38. The maximum absolute atomic E-state index is 11.7. The zero-order valence-electron chi connectivity index (χ0n) is 16.4. The number of nitrogens with one attached hydrogen (secondary N) is 3. The van der Waals surface area contributed by atoms with E-state index in [9.17, 15) is 4.79 Å². The van der Waals surface area contributed by atoms with E-state index in [2.05, 4.69) is 20.9 Å². The number of benzene rings is 1. The number of amides is 1. The van der Waals surface area contributed by atoms with Crippen LogP contribution < -0.4 is 20.7 Å². The van der Waals surface area contributed by atoms with Crippen molar-refractivity contribution in [3.8, 4) is 5.75 Å². The molecule has 1 amide bonds. The molecule has 0 atom stereocenters. The molecule has 0 unspecified atom stereocenters. The smallest absolute Gasteiger partial charge is 0.220 e. The molecule has 0 heterocycles. The fourth-order valence-corrected chi connectivity index (χ4v) is 2.46. The highest BCUT2D eigenvalue weighted by atomic mass is 16.5. The fourth-order valence-electron chi connectivity index (χ4n) is 2.46. The molecule has 6 heteroatoms. The first kappa shape index (κ1) is 20.1. The summed E-state index contributed by atoms with van der Waals surface area (Å²) in [6, 6.07) is 8.44. The second-order valence-corrected chi connectivity index (χ2v) is 7.62. The second-order valence-electron chi connectivity index (χ2n) is 7.62. The molecule has 144 valence electrons. The Kier molecular flexibility index (Phi) is 7.30. The summed E-state index contributed by atoms with van der Waals surface area (Å²) >= 11 is 0. The minimum absolute atomic E-state index is 0.144. The van der Waals surface area contributed by atoms with Gasteiger partial charge in [-0.3, -0.25) is 9.79 Å². The first-order valence-electron chi connectivity index (χ1n) is 9.38. The zero-order valence-corrected chi connectivity index (χ0v) is 16.4. The fraction of sp³-hybridized carbons (Fsp3) is 0.600. The summed E-state index contributed by atoms with van der Waals surface area (Å²) < 4.78 is 6.02. The molecule has 1 aromatic carbocycles. The summed E-state index contributed by atoms with van der Waals surface area (Å²) in [5.74, 6) is 1.74. The van der Waals surface area contributed by atoms with Gasteiger partial charge in [-0.25, -0.2) is 0 Å². The van der Waals surface area contributed by atoms with Gasteiger partial charge in [0.2, 0.25) is 5.91 Å². The van der Waals surface area contributed by atoms with E-state index in [4.69, 9.17) is 4.74 Å². The van der Waals surface area contributed by atoms with E-state index in [0.717, 1.165) is 36.5 Å². The van der Waals surface area contributed by atoms with E-state index < -0.39 is 0 Å². The number of hydrogen-bond acceptors (Lipinski definition) is 3. The van der Waals surface area contributed by atoms with Gasteiger partial charge < -0.3 is 20.7 Å². The lowest BCUT2D eigenvalue weighted by molar-refractivity contribution is -0.121. The highest BCUT2D eigenvalue weighted by molar-refractivity contribution is 5.80. The minimum atomic E-state index is -0.239. The van der Waals surface area contributed by atoms with Crippen molar-refractivity contribution in [2.24, 2.45) is 4.99 Å². The van der Waals surface area contributed by atoms with Crippen molar-refractivity contribution in [1.29, 1.82) is 0 Å². The minimum Gasteiger partial charge on any atom is -0.488 e. The van der Waals surface area contributed by atoms with Crippen LogP contribution in [0.2, 0.25) is 0 Å². The van der Waals surface area contributed by atoms with Crippen LogP contribution in [-0.4, -0.2) is 37.1 Å². The molecule has 6 nitrogen and oxygen atoms in total. The van der Waals surface area contributed by atoms with Gasteiger partial charge in [0.15, 0.2) is 5.96 Å². The normalized spacial score (nSPS) is 14.7. The molecule has 0 aromatic heterocycles. The van der Waals surface area contributed by atoms with Gasteiger partial charge in [-0.1, -0.05) is 18.2 Å². The zero-order chi connectivity index (χ0) is 19.0. The summed E-state index contributed by atoms with van der Waals surface area (Å²) in [6.07, 6.45) is 3.58. The number of carbonyl (C=O) groups is 1. The Morgan fingerprint density at radius 3 is 2.62 bits per heavy atom. The molecular formula is C20H32N4O2. The summed E-state index contributed by atoms with van der Waals surface area (Å²) in [7, 11) is 1.74. The van der Waals surface area contributed by atoms with Gasteiger partial charge in [-0.05, 0) is 46.1 Å². The third-order valence-electron chi connectivity index (χ3n) is 3.87. The number of guanidine groups is 1. The maximum Gasteiger partial charge on any atom is 0.220 e. The van der Waals surface area contributed by atoms with Crippen molar-refractivity contribution >= 4 is 11.9 Å². The van der Waals surface area contributed by atoms with Gasteiger partial charge in [-0.2, -0.15) is 0 Å². The highest BCUT2D eigenvalue weighted by Gasteiger charge is 2.22. The summed E-state index contributed by atoms with van der Waals surface area (Å²) in [4.78, 5) is 15.9. The third kappa shape index (κ3) is 7.76. The van der Waals surface area contributed by atoms with Gasteiger partial charge in [0.25, 0.3) is 0 Å². The quantitative estimate of drug-likeness (QED) is 0.378. The van der Waals surface area contributed by atoms with Crippen LogP contribution in [-0.2, 0) is 11.3 Å². The Morgan fingerprint density at radius 2 is 1.96 bits per heavy atom. The molecule has 0 radical (unpaired) electrons. The van der Waals surface area contributed by atoms with Gasteiger partial charge in [0.05, 0.1) is 0 Å². The maximum atomic E-state index is 11.7. The van der Waals surface area contributed by atoms with Crippen LogP contribution in [0.1, 0.15) is 52.0 Å². The van der Waals surface area contributed by atoms with Crippen molar-refractivity contribution in [3.05, 3.63) is 29.8 Å². The molecular weight excluding hydrogens is 328 g/mol. The Labute approximate surface area is 156 Å². The Hall–Kier alpha value is -2.24. The van der Waals surface area contributed by atoms with Gasteiger partial charge in [0, 0.05) is 38.2 Å². The van der Waals surface area contributed by atoms with Crippen LogP contribution in [0.5, 0.6) is 5.75 Å². The Morgan fingerprint density at radius 1 is 1.23 bits per heavy atom. The average molecular weight is 361 g/mol. The largest absolute Gasteiger partial charge is 0.488 e. The number of nitrogens with zero attached hydrogens (tertiary/aromatic N) is 1. The van der Waals surface area contributed by atoms with E-state index >= 15 is 0 Å². The molecule has 1 aliphatic carbocycles. The van der Waals surface area contributed by atoms with E-state index in [0.29, 0.717) is 25.6 Å². The summed E-state index contributed by atoms with van der Waals surface area (Å²) in [6.45, 7) is 7.44. The van der Waals surface area contributed by atoms with E-state index in [1.165, 1.54) is 0 Å². The van der Waals surface area contributed by atoms with Crippen molar-refractivity contribution in [2.75, 3.05) is 13.6 Å². The standard InChI is InChI=1S/C20H32N4O2/c1-20(2,3)26-17-9-6-5-8-15(17)14-23-19(21-4)22-13-7-10-18(25)24-16-11-12-16/h5-6,8-9,16H,7,10-14H2,1-4H3,(H,24,25)(H2,21,22,23). The van der Waals surface area contributed by atoms with Crippen LogP contribution >= 0.6 is 0 Å². The molecule has 1 fully saturated rings. The molecule has 0 spiro atoms. The molecule has 2 rings (SSSR count). The van der Waals surface area contributed by atoms with Crippen molar-refractivity contribution < 1.29 is 9.53 Å². The number of para-hydroxylation sites is 1. The predicted molar refractivity (Wildman–Crippen MR) is 105 cm³/mol. The van der Waals surface area contributed by atoms with Crippen molar-refractivity contribution in [1.82, 2.24) is 16.0 Å². The molecule has 0 aliphatic heterocycles. The topological polar surface area (TPSA) is 74.8 Å². The van der Waals surface area contributed by atoms with Crippen LogP contribution in [0.4, 0.5) is 0 Å². The molecule has 1 aliphatic rings. The number of hydrogen-bond donors (Lipinski definition) is 3. The second kappa shape index (κ2) is 9.46. The highest BCUT2D eigenvalue weighted by Crippen LogP contribution is 2.22. The summed E-state index contributed by atoms with van der Waals surface area (Å²) in [5.41, 5.74) is 0.839. The molecule has 0 saturated heterocycles. The molecule has 1 saturated carbocycles. The van der Waals surface area contributed by atoms with E-state index in [-0.39, 0.29) is 11.5 Å². The first-order chi connectivity index (χ1) is 12.4. The molecule has 0 bridgehead atoms. The Bertz CT molecular complexity index is 618. The number of rotatable bonds is 8. The number of carbonyl (C=O) groups excluding carboxylic acids is 1. The SMILES string of the molecule is CN=C(NCCCC(=O)NC1CC1)NCc1ccccc1OC(C)(C)C. The molecule has 26 heavy (non-hydrogen) atoms. The molecule has 1 aromatic rings. The van der Waals surface area contributed by atoms with Crippen LogP contribution in [0.25, 0.3) is 0 Å². The van der Waals surface area contributed by atoms with E-state index in [1.807, 2.05) is 45.0 Å². The third-order valence-corrected chi connectivity index (χ3v) is 3.87. The van der Waals surface area contributed by atoms with Gasteiger partial charge in [0.1, 0.15) is 11.4 Å². The Balaban J connectivity index is 1.73. The number of ether oxygens (including phenoxy) is 1. The average Bonchev–Trinajstić information content (AvgIpc) is 3.38. The summed E-state index contributed by atoms with van der Waals surface area (Å²) in [5, 5.41) is 9.55. The predicted octanol–water partition coefficient (Wildman–Crippen LogP) is 2.59. The molecule has 3 N–H and O–H groups in total.